The zero-order valence-electron chi connectivity index (χ0n) is 7.09. The Balaban J connectivity index is 2.35. The molecule has 1 N–H and O–H groups in total. The lowest BCUT2D eigenvalue weighted by atomic mass is 10.1. The van der Waals surface area contributed by atoms with Gasteiger partial charge in [0.25, 0.3) is 0 Å². The van der Waals surface area contributed by atoms with Crippen molar-refractivity contribution < 1.29 is 4.52 Å². The van der Waals surface area contributed by atoms with Gasteiger partial charge in [-0.1, -0.05) is 5.16 Å². The molecule has 1 heterocycles. The van der Waals surface area contributed by atoms with E-state index in [0.717, 1.165) is 0 Å². The van der Waals surface area contributed by atoms with Gasteiger partial charge in [-0.25, -0.2) is 0 Å². The Labute approximate surface area is 66.0 Å². The maximum atomic E-state index is 4.58. The predicted molar refractivity (Wildman–Crippen MR) is 40.9 cm³/mol. The highest BCUT2D eigenvalue weighted by Crippen LogP contribution is 1.99. The number of nitrogens with one attached hydrogen (secondary N) is 1. The van der Waals surface area contributed by atoms with Crippen molar-refractivity contribution in [2.75, 3.05) is 0 Å². The van der Waals surface area contributed by atoms with Crippen LogP contribution >= 0.6 is 0 Å². The second-order valence-corrected chi connectivity index (χ2v) is 3.45. The van der Waals surface area contributed by atoms with Crippen molar-refractivity contribution in [1.29, 1.82) is 0 Å². The average molecular weight is 155 g/mol. The Morgan fingerprint density at radius 1 is 1.55 bits per heavy atom. The first-order valence-electron chi connectivity index (χ1n) is 3.58. The molecule has 0 saturated heterocycles. The topological polar surface area (TPSA) is 51.0 Å². The van der Waals surface area contributed by atoms with Gasteiger partial charge < -0.3 is 9.84 Å². The molecule has 1 aromatic heterocycles. The van der Waals surface area contributed by atoms with E-state index in [0.29, 0.717) is 12.4 Å². The van der Waals surface area contributed by atoms with Crippen LogP contribution in [0.5, 0.6) is 0 Å². The highest BCUT2D eigenvalue weighted by Gasteiger charge is 2.09. The summed E-state index contributed by atoms with van der Waals surface area (Å²) in [6.45, 7) is 6.92. The first kappa shape index (κ1) is 8.20. The van der Waals surface area contributed by atoms with Crippen molar-refractivity contribution in [3.8, 4) is 0 Å². The van der Waals surface area contributed by atoms with Crippen LogP contribution in [0.15, 0.2) is 10.9 Å². The SMILES string of the molecule is CC(C)(C)NCc1ncon1. The van der Waals surface area contributed by atoms with E-state index in [9.17, 15) is 0 Å². The van der Waals surface area contributed by atoms with Gasteiger partial charge in [-0.15, -0.1) is 0 Å². The standard InChI is InChI=1S/C7H13N3O/c1-7(2,3)9-4-6-8-5-11-10-6/h5,9H,4H2,1-3H3. The lowest BCUT2D eigenvalue weighted by Gasteiger charge is -2.18. The maximum Gasteiger partial charge on any atom is 0.213 e. The van der Waals surface area contributed by atoms with Crippen LogP contribution < -0.4 is 5.32 Å². The van der Waals surface area contributed by atoms with Crippen molar-refractivity contribution in [3.63, 3.8) is 0 Å². The molecule has 0 aliphatic carbocycles. The second kappa shape index (κ2) is 3.00. The Bertz CT molecular complexity index is 200. The molecular weight excluding hydrogens is 142 g/mol. The molecule has 0 aromatic carbocycles. The third-order valence-electron chi connectivity index (χ3n) is 1.18. The minimum atomic E-state index is 0.0978. The van der Waals surface area contributed by atoms with Gasteiger partial charge in [-0.2, -0.15) is 4.98 Å². The number of rotatable bonds is 2. The average Bonchev–Trinajstić information content (AvgIpc) is 2.32. The smallest absolute Gasteiger partial charge is 0.213 e. The molecule has 0 aliphatic rings. The molecule has 0 amide bonds. The molecule has 0 radical (unpaired) electrons. The van der Waals surface area contributed by atoms with Gasteiger partial charge >= 0.3 is 0 Å². The Morgan fingerprint density at radius 2 is 2.27 bits per heavy atom. The van der Waals surface area contributed by atoms with Crippen molar-refractivity contribution in [3.05, 3.63) is 12.2 Å². The number of aromatic nitrogens is 2. The summed E-state index contributed by atoms with van der Waals surface area (Å²) in [5, 5.41) is 6.91. The maximum absolute atomic E-state index is 4.58. The third-order valence-corrected chi connectivity index (χ3v) is 1.18. The van der Waals surface area contributed by atoms with E-state index in [1.54, 1.807) is 0 Å². The summed E-state index contributed by atoms with van der Waals surface area (Å²) in [4.78, 5) is 3.88. The van der Waals surface area contributed by atoms with E-state index < -0.39 is 0 Å². The molecule has 4 heteroatoms. The lowest BCUT2D eigenvalue weighted by molar-refractivity contribution is 0.387. The van der Waals surface area contributed by atoms with Crippen molar-refractivity contribution in [2.24, 2.45) is 0 Å². The molecule has 0 fully saturated rings. The van der Waals surface area contributed by atoms with Gasteiger partial charge in [0.15, 0.2) is 5.82 Å². The molecule has 0 unspecified atom stereocenters. The van der Waals surface area contributed by atoms with Gasteiger partial charge in [0.2, 0.25) is 6.39 Å². The van der Waals surface area contributed by atoms with Gasteiger partial charge in [-0.05, 0) is 20.8 Å². The largest absolute Gasteiger partial charge is 0.343 e. The monoisotopic (exact) mass is 155 g/mol. The molecule has 1 rings (SSSR count). The van der Waals surface area contributed by atoms with Crippen LogP contribution in [0.1, 0.15) is 26.6 Å². The van der Waals surface area contributed by atoms with Gasteiger partial charge in [-0.3, -0.25) is 0 Å². The Kier molecular flexibility index (Phi) is 2.24. The van der Waals surface area contributed by atoms with E-state index in [2.05, 4.69) is 40.8 Å². The first-order chi connectivity index (χ1) is 5.08. The molecule has 0 atom stereocenters. The molecule has 1 aromatic rings. The molecule has 0 aliphatic heterocycles. The van der Waals surface area contributed by atoms with Crippen LogP contribution in [-0.4, -0.2) is 15.7 Å². The van der Waals surface area contributed by atoms with Crippen LogP contribution in [0.4, 0.5) is 0 Å². The zero-order valence-corrected chi connectivity index (χ0v) is 7.09. The minimum absolute atomic E-state index is 0.0978. The molecule has 4 nitrogen and oxygen atoms in total. The van der Waals surface area contributed by atoms with Crippen LogP contribution in [0.2, 0.25) is 0 Å². The highest BCUT2D eigenvalue weighted by molar-refractivity contribution is 4.80. The van der Waals surface area contributed by atoms with Crippen LogP contribution in [0.3, 0.4) is 0 Å². The van der Waals surface area contributed by atoms with E-state index in [4.69, 9.17) is 0 Å². The molecule has 0 saturated carbocycles. The summed E-state index contributed by atoms with van der Waals surface area (Å²) < 4.78 is 4.58. The van der Waals surface area contributed by atoms with Gasteiger partial charge in [0.05, 0.1) is 6.54 Å². The van der Waals surface area contributed by atoms with E-state index in [-0.39, 0.29) is 5.54 Å². The Hall–Kier alpha value is -0.900. The number of hydrogen-bond donors (Lipinski definition) is 1. The van der Waals surface area contributed by atoms with Crippen molar-refractivity contribution >= 4 is 0 Å². The lowest BCUT2D eigenvalue weighted by Crippen LogP contribution is -2.35. The summed E-state index contributed by atoms with van der Waals surface area (Å²) >= 11 is 0. The molecule has 11 heavy (non-hydrogen) atoms. The summed E-state index contributed by atoms with van der Waals surface area (Å²) in [5.74, 6) is 0.694. The minimum Gasteiger partial charge on any atom is -0.343 e. The van der Waals surface area contributed by atoms with Gasteiger partial charge in [0, 0.05) is 5.54 Å². The zero-order chi connectivity index (χ0) is 8.32. The fraction of sp³-hybridized carbons (Fsp3) is 0.714. The summed E-state index contributed by atoms with van der Waals surface area (Å²) in [6.07, 6.45) is 1.33. The highest BCUT2D eigenvalue weighted by atomic mass is 16.5. The van der Waals surface area contributed by atoms with Crippen LogP contribution in [0, 0.1) is 0 Å². The molecule has 0 bridgehead atoms. The Morgan fingerprint density at radius 3 is 2.73 bits per heavy atom. The molecule has 62 valence electrons. The molecular formula is C7H13N3O. The third kappa shape index (κ3) is 3.13. The fourth-order valence-electron chi connectivity index (χ4n) is 0.615. The van der Waals surface area contributed by atoms with Crippen molar-refractivity contribution in [1.82, 2.24) is 15.5 Å². The normalized spacial score (nSPS) is 11.9. The second-order valence-electron chi connectivity index (χ2n) is 3.45. The quantitative estimate of drug-likeness (QED) is 0.691. The summed E-state index contributed by atoms with van der Waals surface area (Å²) in [6, 6.07) is 0. The van der Waals surface area contributed by atoms with E-state index >= 15 is 0 Å². The predicted octanol–water partition coefficient (Wildman–Crippen LogP) is 0.958. The first-order valence-corrected chi connectivity index (χ1v) is 3.58. The van der Waals surface area contributed by atoms with Crippen LogP contribution in [-0.2, 0) is 6.54 Å². The van der Waals surface area contributed by atoms with E-state index in [1.807, 2.05) is 0 Å². The van der Waals surface area contributed by atoms with Crippen LogP contribution in [0.25, 0.3) is 0 Å². The number of nitrogens with zero attached hydrogens (tertiary/aromatic N) is 2. The van der Waals surface area contributed by atoms with Crippen molar-refractivity contribution in [2.45, 2.75) is 32.9 Å². The van der Waals surface area contributed by atoms with E-state index in [1.165, 1.54) is 6.39 Å². The number of hydrogen-bond acceptors (Lipinski definition) is 4. The fourth-order valence-corrected chi connectivity index (χ4v) is 0.615. The molecule has 0 spiro atoms. The summed E-state index contributed by atoms with van der Waals surface area (Å²) in [5.41, 5.74) is 0.0978. The summed E-state index contributed by atoms with van der Waals surface area (Å²) in [7, 11) is 0. The van der Waals surface area contributed by atoms with Gasteiger partial charge in [0.1, 0.15) is 0 Å².